The van der Waals surface area contributed by atoms with Gasteiger partial charge in [-0.05, 0) is 63.0 Å². The summed E-state index contributed by atoms with van der Waals surface area (Å²) in [6.07, 6.45) is 0. The molecule has 0 bridgehead atoms. The van der Waals surface area contributed by atoms with E-state index < -0.39 is 0 Å². The van der Waals surface area contributed by atoms with Crippen LogP contribution in [0.25, 0.3) is 93.2 Å². The van der Waals surface area contributed by atoms with Crippen LogP contribution in [-0.2, 0) is 0 Å². The van der Waals surface area contributed by atoms with Crippen LogP contribution in [0.5, 0.6) is 0 Å². The summed E-state index contributed by atoms with van der Waals surface area (Å²) < 4.78 is 9.27. The lowest BCUT2D eigenvalue weighted by atomic mass is 9.86. The Balaban J connectivity index is 1.38. The summed E-state index contributed by atoms with van der Waals surface area (Å²) in [7, 11) is 0. The van der Waals surface area contributed by atoms with E-state index in [2.05, 4.69) is 168 Å². The predicted octanol–water partition coefficient (Wildman–Crippen LogP) is 12.3. The molecule has 0 amide bonds. The van der Waals surface area contributed by atoms with Crippen molar-refractivity contribution in [1.82, 2.24) is 4.57 Å². The van der Waals surface area contributed by atoms with Crippen LogP contribution in [0.1, 0.15) is 0 Å². The maximum atomic E-state index is 6.88. The highest BCUT2D eigenvalue weighted by molar-refractivity contribution is 6.28. The van der Waals surface area contributed by atoms with Crippen molar-refractivity contribution in [2.24, 2.45) is 0 Å². The standard InChI is InChI=1S/C44H27NO/c1-2-15-30(16-3-1)45-38-23-10-8-18-32(38)33-26-25-29(27-39(33)45)41-35-19-6-7-20-36(35)42(34-22-12-14-28-13-4-5-17-31(28)34)44-43(41)37-21-9-11-24-40(37)46-44/h1-27H. The van der Waals surface area contributed by atoms with Gasteiger partial charge in [-0.15, -0.1) is 0 Å². The zero-order valence-corrected chi connectivity index (χ0v) is 24.9. The second-order valence-corrected chi connectivity index (χ2v) is 12.0. The van der Waals surface area contributed by atoms with Crippen LogP contribution in [0.3, 0.4) is 0 Å². The summed E-state index contributed by atoms with van der Waals surface area (Å²) in [6.45, 7) is 0. The number of aromatic nitrogens is 1. The molecule has 46 heavy (non-hydrogen) atoms. The molecule has 0 fully saturated rings. The molecule has 0 unspecified atom stereocenters. The zero-order chi connectivity index (χ0) is 30.2. The van der Waals surface area contributed by atoms with Crippen LogP contribution in [-0.4, -0.2) is 4.57 Å². The second-order valence-electron chi connectivity index (χ2n) is 12.0. The summed E-state index contributed by atoms with van der Waals surface area (Å²) in [4.78, 5) is 0. The van der Waals surface area contributed by atoms with Crippen molar-refractivity contribution in [2.75, 3.05) is 0 Å². The minimum absolute atomic E-state index is 0.898. The molecule has 2 heterocycles. The monoisotopic (exact) mass is 585 g/mol. The highest BCUT2D eigenvalue weighted by Crippen LogP contribution is 2.49. The van der Waals surface area contributed by atoms with Crippen molar-refractivity contribution in [3.05, 3.63) is 164 Å². The van der Waals surface area contributed by atoms with E-state index in [0.717, 1.165) is 33.2 Å². The quantitative estimate of drug-likeness (QED) is 0.202. The van der Waals surface area contributed by atoms with Gasteiger partial charge in [-0.3, -0.25) is 0 Å². The minimum Gasteiger partial charge on any atom is -0.455 e. The zero-order valence-electron chi connectivity index (χ0n) is 24.9. The molecule has 2 aromatic heterocycles. The summed E-state index contributed by atoms with van der Waals surface area (Å²) in [5.74, 6) is 0. The van der Waals surface area contributed by atoms with E-state index in [1.807, 2.05) is 0 Å². The Kier molecular flexibility index (Phi) is 5.31. The van der Waals surface area contributed by atoms with Crippen LogP contribution in [0.2, 0.25) is 0 Å². The van der Waals surface area contributed by atoms with Gasteiger partial charge in [0.25, 0.3) is 0 Å². The summed E-state index contributed by atoms with van der Waals surface area (Å²) in [5, 5.41) is 9.61. The Morgan fingerprint density at radius 2 is 1.04 bits per heavy atom. The van der Waals surface area contributed by atoms with Gasteiger partial charge in [0.1, 0.15) is 11.2 Å². The average molecular weight is 586 g/mol. The normalized spacial score (nSPS) is 11.9. The average Bonchev–Trinajstić information content (AvgIpc) is 3.66. The van der Waals surface area contributed by atoms with Crippen LogP contribution in [0.15, 0.2) is 168 Å². The van der Waals surface area contributed by atoms with Gasteiger partial charge in [-0.25, -0.2) is 0 Å². The van der Waals surface area contributed by atoms with Crippen LogP contribution < -0.4 is 0 Å². The molecule has 0 saturated carbocycles. The van der Waals surface area contributed by atoms with Crippen molar-refractivity contribution in [3.8, 4) is 27.9 Å². The van der Waals surface area contributed by atoms with E-state index in [1.54, 1.807) is 0 Å². The minimum atomic E-state index is 0.898. The van der Waals surface area contributed by atoms with Crippen LogP contribution >= 0.6 is 0 Å². The molecule has 2 heteroatoms. The third-order valence-electron chi connectivity index (χ3n) is 9.57. The second kappa shape index (κ2) is 9.69. The van der Waals surface area contributed by atoms with Gasteiger partial charge in [-0.2, -0.15) is 0 Å². The van der Waals surface area contributed by atoms with Gasteiger partial charge >= 0.3 is 0 Å². The molecule has 10 aromatic rings. The van der Waals surface area contributed by atoms with E-state index in [0.29, 0.717) is 0 Å². The van der Waals surface area contributed by atoms with Crippen LogP contribution in [0.4, 0.5) is 0 Å². The lowest BCUT2D eigenvalue weighted by molar-refractivity contribution is 0.670. The van der Waals surface area contributed by atoms with Gasteiger partial charge in [0, 0.05) is 38.4 Å². The highest BCUT2D eigenvalue weighted by Gasteiger charge is 2.24. The molecule has 0 spiro atoms. The number of rotatable bonds is 3. The molecule has 2 nitrogen and oxygen atoms in total. The SMILES string of the molecule is c1ccc(-n2c3ccccc3c3ccc(-c4c5ccccc5c(-c5cccc6ccccc56)c5oc6ccccc6c45)cc32)cc1. The number of fused-ring (bicyclic) bond motifs is 8. The van der Waals surface area contributed by atoms with E-state index >= 15 is 0 Å². The van der Waals surface area contributed by atoms with Crippen LogP contribution in [0, 0.1) is 0 Å². The fourth-order valence-electron chi connectivity index (χ4n) is 7.64. The third-order valence-corrected chi connectivity index (χ3v) is 9.57. The van der Waals surface area contributed by atoms with E-state index in [-0.39, 0.29) is 0 Å². The lowest BCUT2D eigenvalue weighted by Crippen LogP contribution is -1.94. The first-order valence-electron chi connectivity index (χ1n) is 15.8. The lowest BCUT2D eigenvalue weighted by Gasteiger charge is -2.16. The summed E-state index contributed by atoms with van der Waals surface area (Å²) in [5.41, 5.74) is 10.1. The van der Waals surface area contributed by atoms with Gasteiger partial charge in [0.05, 0.1) is 11.0 Å². The fraction of sp³-hybridized carbons (Fsp3) is 0. The molecule has 214 valence electrons. The number of nitrogens with zero attached hydrogens (tertiary/aromatic N) is 1. The molecule has 0 radical (unpaired) electrons. The predicted molar refractivity (Wildman–Crippen MR) is 194 cm³/mol. The molecule has 8 aromatic carbocycles. The van der Waals surface area contributed by atoms with Crippen molar-refractivity contribution in [3.63, 3.8) is 0 Å². The third kappa shape index (κ3) is 3.53. The molecule has 0 aliphatic rings. The van der Waals surface area contributed by atoms with Gasteiger partial charge < -0.3 is 8.98 Å². The number of hydrogen-bond acceptors (Lipinski definition) is 1. The molecular weight excluding hydrogens is 558 g/mol. The maximum absolute atomic E-state index is 6.88. The molecule has 0 N–H and O–H groups in total. The van der Waals surface area contributed by atoms with E-state index in [1.165, 1.54) is 60.0 Å². The van der Waals surface area contributed by atoms with Crippen molar-refractivity contribution in [1.29, 1.82) is 0 Å². The first kappa shape index (κ1) is 25.2. The Morgan fingerprint density at radius 1 is 0.413 bits per heavy atom. The maximum Gasteiger partial charge on any atom is 0.144 e. The first-order valence-corrected chi connectivity index (χ1v) is 15.8. The molecule has 10 rings (SSSR count). The van der Waals surface area contributed by atoms with Crippen molar-refractivity contribution >= 4 is 65.3 Å². The van der Waals surface area contributed by atoms with Gasteiger partial charge in [-0.1, -0.05) is 133 Å². The fourth-order valence-corrected chi connectivity index (χ4v) is 7.64. The van der Waals surface area contributed by atoms with E-state index in [4.69, 9.17) is 4.42 Å². The largest absolute Gasteiger partial charge is 0.455 e. The first-order chi connectivity index (χ1) is 22.8. The molecule has 0 aliphatic carbocycles. The smallest absolute Gasteiger partial charge is 0.144 e. The molecule has 0 saturated heterocycles. The highest BCUT2D eigenvalue weighted by atomic mass is 16.3. The van der Waals surface area contributed by atoms with Crippen molar-refractivity contribution < 1.29 is 4.42 Å². The van der Waals surface area contributed by atoms with Gasteiger partial charge in [0.2, 0.25) is 0 Å². The number of hydrogen-bond donors (Lipinski definition) is 0. The Hall–Kier alpha value is -6.12. The molecule has 0 atom stereocenters. The Bertz CT molecular complexity index is 2790. The Morgan fingerprint density at radius 3 is 1.89 bits per heavy atom. The molecular formula is C44H27NO. The van der Waals surface area contributed by atoms with E-state index in [9.17, 15) is 0 Å². The van der Waals surface area contributed by atoms with Crippen molar-refractivity contribution in [2.45, 2.75) is 0 Å². The molecule has 0 aliphatic heterocycles. The van der Waals surface area contributed by atoms with Gasteiger partial charge in [0.15, 0.2) is 0 Å². The Labute approximate surface area is 265 Å². The summed E-state index contributed by atoms with van der Waals surface area (Å²) >= 11 is 0. The number of benzene rings is 8. The number of para-hydroxylation sites is 3. The number of furan rings is 1. The summed E-state index contributed by atoms with van der Waals surface area (Å²) in [6, 6.07) is 58.9. The topological polar surface area (TPSA) is 18.1 Å².